The highest BCUT2D eigenvalue weighted by Gasteiger charge is 2.23. The van der Waals surface area contributed by atoms with E-state index in [1.807, 2.05) is 73.3 Å². The van der Waals surface area contributed by atoms with Crippen molar-refractivity contribution in [2.24, 2.45) is 5.10 Å². The summed E-state index contributed by atoms with van der Waals surface area (Å²) >= 11 is 1.30. The van der Waals surface area contributed by atoms with Crippen LogP contribution >= 0.6 is 11.3 Å². The molecule has 0 saturated carbocycles. The van der Waals surface area contributed by atoms with Crippen molar-refractivity contribution in [3.63, 3.8) is 0 Å². The molecule has 1 N–H and O–H groups in total. The summed E-state index contributed by atoms with van der Waals surface area (Å²) in [4.78, 5) is 23.9. The second-order valence-electron chi connectivity index (χ2n) is 6.64. The molecule has 0 saturated heterocycles. The Labute approximate surface area is 177 Å². The Kier molecular flexibility index (Phi) is 5.49. The first kappa shape index (κ1) is 19.7. The molecule has 0 atom stereocenters. The first-order chi connectivity index (χ1) is 14.6. The van der Waals surface area contributed by atoms with E-state index in [1.165, 1.54) is 11.3 Å². The molecule has 4 aromatic rings. The monoisotopic (exact) mass is 420 g/mol. The molecule has 7 nitrogen and oxygen atoms in total. The number of carbonyl (C=O) groups is 1. The van der Waals surface area contributed by atoms with Gasteiger partial charge in [0.25, 0.3) is 0 Å². The van der Waals surface area contributed by atoms with E-state index in [2.05, 4.69) is 15.7 Å². The lowest BCUT2D eigenvalue weighted by Crippen LogP contribution is -2.15. The molecule has 0 fully saturated rings. The summed E-state index contributed by atoms with van der Waals surface area (Å²) in [7, 11) is 1.61. The van der Waals surface area contributed by atoms with E-state index in [0.29, 0.717) is 4.88 Å². The van der Waals surface area contributed by atoms with Crippen molar-refractivity contribution in [3.05, 3.63) is 76.6 Å². The average Bonchev–Trinajstić information content (AvgIpc) is 3.39. The number of nitrogens with zero attached hydrogens (tertiary/aromatic N) is 3. The second kappa shape index (κ2) is 8.38. The number of benzene rings is 1. The number of nitrogens with one attached hydrogen (secondary N) is 1. The van der Waals surface area contributed by atoms with Crippen LogP contribution in [0.1, 0.15) is 26.5 Å². The Morgan fingerprint density at radius 3 is 2.63 bits per heavy atom. The van der Waals surface area contributed by atoms with Gasteiger partial charge in [0.15, 0.2) is 0 Å². The topological polar surface area (TPSA) is 77.7 Å². The number of hydrogen-bond acceptors (Lipinski definition) is 7. The van der Waals surface area contributed by atoms with Crippen LogP contribution < -0.4 is 10.3 Å². The first-order valence-corrected chi connectivity index (χ1v) is 10.1. The van der Waals surface area contributed by atoms with Crippen LogP contribution in [0, 0.1) is 13.8 Å². The zero-order valence-corrected chi connectivity index (χ0v) is 17.6. The SMILES string of the molecule is COc1ccc(C=NNOC(=O)c2sc3nc(C)cc(C)c3c2-n2cccc2)cc1. The van der Waals surface area contributed by atoms with Gasteiger partial charge in [0.05, 0.1) is 19.0 Å². The number of aryl methyl sites for hydroxylation is 2. The molecule has 30 heavy (non-hydrogen) atoms. The van der Waals surface area contributed by atoms with E-state index in [9.17, 15) is 4.79 Å². The van der Waals surface area contributed by atoms with E-state index in [0.717, 1.165) is 38.5 Å². The fourth-order valence-corrected chi connectivity index (χ4v) is 4.37. The lowest BCUT2D eigenvalue weighted by atomic mass is 10.1. The molecular weight excluding hydrogens is 400 g/mol. The number of aromatic nitrogens is 2. The highest BCUT2D eigenvalue weighted by atomic mass is 32.1. The molecule has 0 aliphatic rings. The van der Waals surface area contributed by atoms with Gasteiger partial charge in [-0.1, -0.05) is 0 Å². The molecule has 0 radical (unpaired) electrons. The van der Waals surface area contributed by atoms with Gasteiger partial charge < -0.3 is 14.1 Å². The molecule has 1 aromatic carbocycles. The molecule has 0 unspecified atom stereocenters. The van der Waals surface area contributed by atoms with Crippen molar-refractivity contribution in [2.45, 2.75) is 13.8 Å². The van der Waals surface area contributed by atoms with E-state index in [1.54, 1.807) is 13.3 Å². The molecule has 0 bridgehead atoms. The van der Waals surface area contributed by atoms with Crippen LogP contribution in [0.4, 0.5) is 0 Å². The van der Waals surface area contributed by atoms with Crippen LogP contribution in [0.2, 0.25) is 0 Å². The number of fused-ring (bicyclic) bond motifs is 1. The Balaban J connectivity index is 1.57. The van der Waals surface area contributed by atoms with Gasteiger partial charge in [0.2, 0.25) is 0 Å². The molecule has 0 aliphatic heterocycles. The number of hydrazone groups is 1. The van der Waals surface area contributed by atoms with E-state index in [-0.39, 0.29) is 0 Å². The molecule has 8 heteroatoms. The number of thiophene rings is 1. The van der Waals surface area contributed by atoms with Crippen molar-refractivity contribution in [2.75, 3.05) is 7.11 Å². The molecular formula is C22H20N4O3S. The zero-order valence-electron chi connectivity index (χ0n) is 16.7. The third kappa shape index (κ3) is 3.90. The highest BCUT2D eigenvalue weighted by Crippen LogP contribution is 2.36. The smallest absolute Gasteiger partial charge is 0.376 e. The predicted molar refractivity (Wildman–Crippen MR) is 118 cm³/mol. The molecule has 0 spiro atoms. The number of rotatable bonds is 6. The fraction of sp³-hybridized carbons (Fsp3) is 0.136. The first-order valence-electron chi connectivity index (χ1n) is 9.24. The second-order valence-corrected chi connectivity index (χ2v) is 7.64. The van der Waals surface area contributed by atoms with Crippen LogP contribution in [0.15, 0.2) is 60.0 Å². The largest absolute Gasteiger partial charge is 0.497 e. The lowest BCUT2D eigenvalue weighted by molar-refractivity contribution is 0.0268. The molecule has 0 aliphatic carbocycles. The van der Waals surface area contributed by atoms with Gasteiger partial charge in [-0.25, -0.2) is 9.78 Å². The summed E-state index contributed by atoms with van der Waals surface area (Å²) in [5, 5.41) is 4.90. The zero-order chi connectivity index (χ0) is 21.1. The summed E-state index contributed by atoms with van der Waals surface area (Å²) in [6.07, 6.45) is 5.35. The third-order valence-electron chi connectivity index (χ3n) is 4.53. The molecule has 3 aromatic heterocycles. The van der Waals surface area contributed by atoms with Crippen molar-refractivity contribution in [3.8, 4) is 11.4 Å². The quantitative estimate of drug-likeness (QED) is 0.369. The van der Waals surface area contributed by atoms with Gasteiger partial charge in [-0.15, -0.1) is 16.9 Å². The van der Waals surface area contributed by atoms with Crippen molar-refractivity contribution >= 4 is 33.7 Å². The standard InChI is InChI=1S/C22H20N4O3S/c1-14-12-15(2)24-21-18(14)19(26-10-4-5-11-26)20(30-21)22(27)29-25-23-13-16-6-8-17(28-3)9-7-16/h4-13,25H,1-3H3. The average molecular weight is 420 g/mol. The fourth-order valence-electron chi connectivity index (χ4n) is 3.20. The normalized spacial score (nSPS) is 11.2. The maximum atomic E-state index is 12.8. The van der Waals surface area contributed by atoms with E-state index < -0.39 is 5.97 Å². The van der Waals surface area contributed by atoms with Gasteiger partial charge in [-0.2, -0.15) is 5.10 Å². The van der Waals surface area contributed by atoms with Gasteiger partial charge in [0, 0.05) is 23.5 Å². The minimum Gasteiger partial charge on any atom is -0.497 e. The third-order valence-corrected chi connectivity index (χ3v) is 5.58. The van der Waals surface area contributed by atoms with Crippen LogP contribution in [0.3, 0.4) is 0 Å². The summed E-state index contributed by atoms with van der Waals surface area (Å²) in [5.74, 6) is 0.235. The van der Waals surface area contributed by atoms with Crippen LogP contribution in [-0.2, 0) is 4.84 Å². The van der Waals surface area contributed by atoms with E-state index in [4.69, 9.17) is 9.57 Å². The summed E-state index contributed by atoms with van der Waals surface area (Å²) in [5.41, 5.74) is 5.93. The van der Waals surface area contributed by atoms with Crippen molar-refractivity contribution < 1.29 is 14.4 Å². The molecule has 3 heterocycles. The number of methoxy groups -OCH3 is 1. The minimum absolute atomic E-state index is 0.453. The maximum absolute atomic E-state index is 12.8. The Hall–Kier alpha value is -3.65. The maximum Gasteiger partial charge on any atom is 0.376 e. The van der Waals surface area contributed by atoms with Crippen molar-refractivity contribution in [1.29, 1.82) is 0 Å². The molecule has 0 amide bonds. The molecule has 4 rings (SSSR count). The Bertz CT molecular complexity index is 1210. The summed E-state index contributed by atoms with van der Waals surface area (Å²) in [6, 6.07) is 13.2. The number of hydrogen-bond donors (Lipinski definition) is 1. The van der Waals surface area contributed by atoms with Crippen LogP contribution in [0.25, 0.3) is 15.9 Å². The minimum atomic E-state index is -0.523. The van der Waals surface area contributed by atoms with Crippen LogP contribution in [-0.4, -0.2) is 28.8 Å². The summed E-state index contributed by atoms with van der Waals surface area (Å²) < 4.78 is 7.03. The van der Waals surface area contributed by atoms with Gasteiger partial charge in [0.1, 0.15) is 15.5 Å². The predicted octanol–water partition coefficient (Wildman–Crippen LogP) is 4.41. The van der Waals surface area contributed by atoms with Gasteiger partial charge in [-0.05, 0) is 67.4 Å². The number of carbonyl (C=O) groups excluding carboxylic acids is 1. The van der Waals surface area contributed by atoms with Crippen molar-refractivity contribution in [1.82, 2.24) is 15.1 Å². The van der Waals surface area contributed by atoms with E-state index >= 15 is 0 Å². The number of ether oxygens (including phenoxy) is 1. The van der Waals surface area contributed by atoms with Gasteiger partial charge in [-0.3, -0.25) is 0 Å². The Morgan fingerprint density at radius 1 is 1.20 bits per heavy atom. The van der Waals surface area contributed by atoms with Gasteiger partial charge >= 0.3 is 5.97 Å². The number of pyridine rings is 1. The Morgan fingerprint density at radius 2 is 1.93 bits per heavy atom. The lowest BCUT2D eigenvalue weighted by Gasteiger charge is -2.07. The summed E-state index contributed by atoms with van der Waals surface area (Å²) in [6.45, 7) is 3.96. The van der Waals surface area contributed by atoms with Crippen LogP contribution in [0.5, 0.6) is 5.75 Å². The molecule has 152 valence electrons. The highest BCUT2D eigenvalue weighted by molar-refractivity contribution is 7.21.